The second-order valence-electron chi connectivity index (χ2n) is 6.64. The Balaban J connectivity index is 2.33. The third kappa shape index (κ3) is 6.54. The molecule has 0 spiro atoms. The van der Waals surface area contributed by atoms with E-state index in [2.05, 4.69) is 11.9 Å². The Morgan fingerprint density at radius 3 is 2.39 bits per heavy atom. The van der Waals surface area contributed by atoms with E-state index in [1.165, 1.54) is 0 Å². The summed E-state index contributed by atoms with van der Waals surface area (Å²) in [6.45, 7) is 6.33. The first-order valence-electron chi connectivity index (χ1n) is 9.51. The molecule has 0 aromatic heterocycles. The van der Waals surface area contributed by atoms with Gasteiger partial charge in [0.05, 0.1) is 0 Å². The summed E-state index contributed by atoms with van der Waals surface area (Å²) in [4.78, 5) is 27.5. The van der Waals surface area contributed by atoms with E-state index < -0.39 is 6.04 Å². The molecule has 0 saturated carbocycles. The van der Waals surface area contributed by atoms with Crippen molar-refractivity contribution >= 4 is 23.4 Å². The lowest BCUT2D eigenvalue weighted by molar-refractivity contribution is -0.141. The van der Waals surface area contributed by atoms with Crippen LogP contribution in [-0.2, 0) is 22.6 Å². The SMILES string of the molecule is C=CCNC(=O)[C@@H](Cc1ccccc1)N(Cc1ccc(Cl)cc1)C(=O)CCC. The first-order valence-corrected chi connectivity index (χ1v) is 9.89. The van der Waals surface area contributed by atoms with E-state index in [4.69, 9.17) is 11.6 Å². The zero-order valence-corrected chi connectivity index (χ0v) is 17.0. The summed E-state index contributed by atoms with van der Waals surface area (Å²) in [7, 11) is 0. The fourth-order valence-corrected chi connectivity index (χ4v) is 3.11. The molecule has 2 amide bonds. The summed E-state index contributed by atoms with van der Waals surface area (Å²) in [6.07, 6.45) is 3.21. The molecule has 0 radical (unpaired) electrons. The predicted octanol–water partition coefficient (Wildman–Crippen LogP) is 4.38. The Morgan fingerprint density at radius 1 is 1.11 bits per heavy atom. The van der Waals surface area contributed by atoms with E-state index in [1.807, 2.05) is 49.4 Å². The van der Waals surface area contributed by atoms with Crippen molar-refractivity contribution in [2.24, 2.45) is 0 Å². The number of rotatable bonds is 10. The van der Waals surface area contributed by atoms with E-state index in [0.717, 1.165) is 17.5 Å². The van der Waals surface area contributed by atoms with Gasteiger partial charge in [0.25, 0.3) is 0 Å². The second-order valence-corrected chi connectivity index (χ2v) is 7.07. The maximum atomic E-state index is 12.9. The molecular formula is C23H27ClN2O2. The molecule has 1 atom stereocenters. The third-order valence-corrected chi connectivity index (χ3v) is 4.67. The number of carbonyl (C=O) groups is 2. The smallest absolute Gasteiger partial charge is 0.243 e. The van der Waals surface area contributed by atoms with Gasteiger partial charge in [0.1, 0.15) is 6.04 Å². The van der Waals surface area contributed by atoms with Gasteiger partial charge in [0, 0.05) is 31.0 Å². The van der Waals surface area contributed by atoms with Gasteiger partial charge in [-0.3, -0.25) is 9.59 Å². The summed E-state index contributed by atoms with van der Waals surface area (Å²) < 4.78 is 0. The number of carbonyl (C=O) groups excluding carboxylic acids is 2. The van der Waals surface area contributed by atoms with E-state index in [-0.39, 0.29) is 11.8 Å². The van der Waals surface area contributed by atoms with Crippen LogP contribution in [0, 0.1) is 0 Å². The second kappa shape index (κ2) is 11.3. The molecule has 0 aliphatic rings. The van der Waals surface area contributed by atoms with Crippen molar-refractivity contribution in [1.82, 2.24) is 10.2 Å². The van der Waals surface area contributed by atoms with Crippen LogP contribution in [0.25, 0.3) is 0 Å². The number of hydrogen-bond acceptors (Lipinski definition) is 2. The maximum absolute atomic E-state index is 12.9. The zero-order valence-electron chi connectivity index (χ0n) is 16.2. The standard InChI is InChI=1S/C23H27ClN2O2/c1-3-8-22(27)26(17-19-11-13-20(24)14-12-19)21(23(28)25-15-4-2)16-18-9-6-5-7-10-18/h4-7,9-14,21H,2-3,8,15-17H2,1H3,(H,25,28)/t21-/m1/s1. The third-order valence-electron chi connectivity index (χ3n) is 4.42. The molecule has 0 saturated heterocycles. The quantitative estimate of drug-likeness (QED) is 0.603. The molecule has 5 heteroatoms. The van der Waals surface area contributed by atoms with E-state index in [1.54, 1.807) is 23.1 Å². The summed E-state index contributed by atoms with van der Waals surface area (Å²) in [5, 5.41) is 3.49. The Bertz CT molecular complexity index is 775. The molecular weight excluding hydrogens is 372 g/mol. The van der Waals surface area contributed by atoms with Crippen LogP contribution in [0.2, 0.25) is 5.02 Å². The number of halogens is 1. The van der Waals surface area contributed by atoms with E-state index in [0.29, 0.717) is 31.0 Å². The average molecular weight is 399 g/mol. The molecule has 0 heterocycles. The highest BCUT2D eigenvalue weighted by Gasteiger charge is 2.29. The molecule has 2 aromatic carbocycles. The fraction of sp³-hybridized carbons (Fsp3) is 0.304. The van der Waals surface area contributed by atoms with Crippen LogP contribution in [0.15, 0.2) is 67.3 Å². The van der Waals surface area contributed by atoms with Crippen LogP contribution in [0.3, 0.4) is 0 Å². The lowest BCUT2D eigenvalue weighted by Gasteiger charge is -2.31. The van der Waals surface area contributed by atoms with E-state index in [9.17, 15) is 9.59 Å². The van der Waals surface area contributed by atoms with Gasteiger partial charge in [-0.15, -0.1) is 6.58 Å². The first-order chi connectivity index (χ1) is 13.5. The Labute approximate surface area is 172 Å². The highest BCUT2D eigenvalue weighted by atomic mass is 35.5. The molecule has 148 valence electrons. The van der Waals surface area contributed by atoms with Gasteiger partial charge in [-0.25, -0.2) is 0 Å². The minimum Gasteiger partial charge on any atom is -0.351 e. The lowest BCUT2D eigenvalue weighted by atomic mass is 10.0. The van der Waals surface area contributed by atoms with Crippen molar-refractivity contribution in [3.05, 3.63) is 83.4 Å². The van der Waals surface area contributed by atoms with Crippen LogP contribution >= 0.6 is 11.6 Å². The zero-order chi connectivity index (χ0) is 20.4. The largest absolute Gasteiger partial charge is 0.351 e. The van der Waals surface area contributed by atoms with Gasteiger partial charge in [-0.1, -0.05) is 67.1 Å². The van der Waals surface area contributed by atoms with Crippen LogP contribution in [0.5, 0.6) is 0 Å². The molecule has 1 N–H and O–H groups in total. The number of nitrogens with zero attached hydrogens (tertiary/aromatic N) is 1. The topological polar surface area (TPSA) is 49.4 Å². The van der Waals surface area contributed by atoms with Crippen molar-refractivity contribution < 1.29 is 9.59 Å². The number of amides is 2. The van der Waals surface area contributed by atoms with Gasteiger partial charge in [0.15, 0.2) is 0 Å². The highest BCUT2D eigenvalue weighted by molar-refractivity contribution is 6.30. The van der Waals surface area contributed by atoms with Gasteiger partial charge < -0.3 is 10.2 Å². The lowest BCUT2D eigenvalue weighted by Crippen LogP contribution is -2.50. The van der Waals surface area contributed by atoms with Crippen LogP contribution < -0.4 is 5.32 Å². The summed E-state index contributed by atoms with van der Waals surface area (Å²) in [5.41, 5.74) is 1.94. The van der Waals surface area contributed by atoms with Crippen molar-refractivity contribution in [1.29, 1.82) is 0 Å². The predicted molar refractivity (Wildman–Crippen MR) is 114 cm³/mol. The van der Waals surface area contributed by atoms with E-state index >= 15 is 0 Å². The number of nitrogens with one attached hydrogen (secondary N) is 1. The molecule has 2 aromatic rings. The Morgan fingerprint density at radius 2 is 1.79 bits per heavy atom. The van der Waals surface area contributed by atoms with Crippen LogP contribution in [0.4, 0.5) is 0 Å². The van der Waals surface area contributed by atoms with Crippen LogP contribution in [0.1, 0.15) is 30.9 Å². The molecule has 28 heavy (non-hydrogen) atoms. The van der Waals surface area contributed by atoms with Gasteiger partial charge in [-0.05, 0) is 29.7 Å². The van der Waals surface area contributed by atoms with Crippen LogP contribution in [-0.4, -0.2) is 29.3 Å². The highest BCUT2D eigenvalue weighted by Crippen LogP contribution is 2.17. The summed E-state index contributed by atoms with van der Waals surface area (Å²) in [5.74, 6) is -0.214. The van der Waals surface area contributed by atoms with Gasteiger partial charge in [-0.2, -0.15) is 0 Å². The molecule has 0 aliphatic heterocycles. The normalized spacial score (nSPS) is 11.5. The van der Waals surface area contributed by atoms with Crippen molar-refractivity contribution in [3.63, 3.8) is 0 Å². The van der Waals surface area contributed by atoms with Crippen molar-refractivity contribution in [2.75, 3.05) is 6.54 Å². The minimum atomic E-state index is -0.600. The van der Waals surface area contributed by atoms with Gasteiger partial charge >= 0.3 is 0 Å². The molecule has 0 fully saturated rings. The molecule has 0 unspecified atom stereocenters. The molecule has 0 bridgehead atoms. The molecule has 2 rings (SSSR count). The summed E-state index contributed by atoms with van der Waals surface area (Å²) >= 11 is 5.98. The average Bonchev–Trinajstić information content (AvgIpc) is 2.71. The molecule has 4 nitrogen and oxygen atoms in total. The van der Waals surface area contributed by atoms with Crippen molar-refractivity contribution in [3.8, 4) is 0 Å². The number of benzene rings is 2. The molecule has 0 aliphatic carbocycles. The number of hydrogen-bond donors (Lipinski definition) is 1. The Hall–Kier alpha value is -2.59. The minimum absolute atomic E-state index is 0.0351. The Kier molecular flexibility index (Phi) is 8.76. The summed E-state index contributed by atoms with van der Waals surface area (Å²) in [6, 6.07) is 16.5. The maximum Gasteiger partial charge on any atom is 0.243 e. The van der Waals surface area contributed by atoms with Crippen molar-refractivity contribution in [2.45, 2.75) is 38.8 Å². The fourth-order valence-electron chi connectivity index (χ4n) is 2.99. The monoisotopic (exact) mass is 398 g/mol. The van der Waals surface area contributed by atoms with Gasteiger partial charge in [0.2, 0.25) is 11.8 Å². The first kappa shape index (κ1) is 21.7.